The van der Waals surface area contributed by atoms with Gasteiger partial charge in [-0.05, 0) is 29.8 Å². The molecule has 2 aliphatic heterocycles. The molecule has 1 fully saturated rings. The molecule has 3 N–H and O–H groups in total. The third kappa shape index (κ3) is 4.88. The summed E-state index contributed by atoms with van der Waals surface area (Å²) < 4.78 is 6.08. The van der Waals surface area contributed by atoms with Crippen molar-refractivity contribution in [3.63, 3.8) is 0 Å². The number of hydrogen-bond acceptors (Lipinski definition) is 6. The molecule has 4 rings (SSSR count). The van der Waals surface area contributed by atoms with Gasteiger partial charge >= 0.3 is 0 Å². The van der Waals surface area contributed by atoms with Crippen LogP contribution in [0.15, 0.2) is 41.5 Å². The van der Waals surface area contributed by atoms with Gasteiger partial charge in [-0.15, -0.1) is 0 Å². The van der Waals surface area contributed by atoms with Crippen molar-refractivity contribution in [2.45, 2.75) is 12.5 Å². The molecular weight excluding hydrogens is 441 g/mol. The van der Waals surface area contributed by atoms with Crippen LogP contribution in [0.5, 0.6) is 0 Å². The summed E-state index contributed by atoms with van der Waals surface area (Å²) in [7, 11) is 0. The van der Waals surface area contributed by atoms with E-state index in [1.165, 1.54) is 11.1 Å². The number of hydrogen-bond donors (Lipinski definition) is 2. The van der Waals surface area contributed by atoms with Gasteiger partial charge in [0.1, 0.15) is 5.69 Å². The van der Waals surface area contributed by atoms with Crippen LogP contribution in [0.3, 0.4) is 0 Å². The van der Waals surface area contributed by atoms with Gasteiger partial charge in [0.25, 0.3) is 5.91 Å². The first kappa shape index (κ1) is 21.7. The van der Waals surface area contributed by atoms with E-state index in [1.54, 1.807) is 24.3 Å². The Hall–Kier alpha value is -2.52. The lowest BCUT2D eigenvalue weighted by atomic mass is 9.95. The zero-order valence-electron chi connectivity index (χ0n) is 16.6. The maximum Gasteiger partial charge on any atom is 0.267 e. The van der Waals surface area contributed by atoms with E-state index >= 15 is 0 Å². The van der Waals surface area contributed by atoms with Gasteiger partial charge in [0.15, 0.2) is 0 Å². The summed E-state index contributed by atoms with van der Waals surface area (Å²) in [6, 6.07) is 10.3. The van der Waals surface area contributed by atoms with E-state index in [1.807, 2.05) is 6.07 Å². The lowest BCUT2D eigenvalue weighted by molar-refractivity contribution is -0.129. The number of halogens is 2. The standard InChI is InChI=1S/C21H21Cl2N5O3/c22-14-5-4-12(8-15(14)23)20-13(10-25-6-7-31-20)11-28-19(29)9-18(27-28)16-2-1-3-17(26-16)21(24)30/h1-5,8,13,20,25H,6-7,9-11H2,(H2,24,30)/t13-,20-/m0/s1. The lowest BCUT2D eigenvalue weighted by Crippen LogP contribution is -2.35. The maximum atomic E-state index is 12.7. The van der Waals surface area contributed by atoms with Crippen LogP contribution in [0.1, 0.15) is 34.3 Å². The molecule has 0 bridgehead atoms. The van der Waals surface area contributed by atoms with Crippen LogP contribution >= 0.6 is 23.2 Å². The number of ether oxygens (including phenoxy) is 1. The number of nitrogens with one attached hydrogen (secondary N) is 1. The predicted octanol–water partition coefficient (Wildman–Crippen LogP) is 2.40. The molecule has 0 aliphatic carbocycles. The van der Waals surface area contributed by atoms with Crippen LogP contribution in [0.25, 0.3) is 0 Å². The minimum absolute atomic E-state index is 0.0586. The van der Waals surface area contributed by atoms with Gasteiger partial charge in [-0.2, -0.15) is 5.10 Å². The molecule has 1 aromatic heterocycles. The number of carbonyl (C=O) groups excluding carboxylic acids is 2. The summed E-state index contributed by atoms with van der Waals surface area (Å²) in [4.78, 5) is 28.3. The molecule has 2 atom stereocenters. The van der Waals surface area contributed by atoms with Crippen LogP contribution in [-0.4, -0.2) is 53.8 Å². The molecule has 2 aliphatic rings. The number of nitrogens with zero attached hydrogens (tertiary/aromatic N) is 3. The summed E-state index contributed by atoms with van der Waals surface area (Å²) in [6.07, 6.45) is -0.165. The second kappa shape index (κ2) is 9.32. The average molecular weight is 462 g/mol. The fraction of sp³-hybridized carbons (Fsp3) is 0.333. The minimum atomic E-state index is -0.630. The van der Waals surface area contributed by atoms with Gasteiger partial charge in [0, 0.05) is 19.0 Å². The van der Waals surface area contributed by atoms with Gasteiger partial charge < -0.3 is 15.8 Å². The Morgan fingerprint density at radius 3 is 2.87 bits per heavy atom. The first-order chi connectivity index (χ1) is 14.9. The van der Waals surface area contributed by atoms with E-state index < -0.39 is 5.91 Å². The first-order valence-corrected chi connectivity index (χ1v) is 10.6. The fourth-order valence-electron chi connectivity index (χ4n) is 3.72. The van der Waals surface area contributed by atoms with E-state index in [9.17, 15) is 9.59 Å². The van der Waals surface area contributed by atoms with Gasteiger partial charge in [-0.25, -0.2) is 9.99 Å². The van der Waals surface area contributed by atoms with Gasteiger partial charge in [-0.3, -0.25) is 9.59 Å². The van der Waals surface area contributed by atoms with Crippen molar-refractivity contribution in [2.24, 2.45) is 16.8 Å². The Morgan fingerprint density at radius 2 is 2.10 bits per heavy atom. The SMILES string of the molecule is NC(=O)c1cccc(C2=NN(C[C@@H]3CNCCO[C@H]3c3ccc(Cl)c(Cl)c3)C(=O)C2)n1. The number of hydrazone groups is 1. The Labute approximate surface area is 189 Å². The zero-order valence-corrected chi connectivity index (χ0v) is 18.1. The molecule has 31 heavy (non-hydrogen) atoms. The van der Waals surface area contributed by atoms with Gasteiger partial charge in [0.2, 0.25) is 5.91 Å². The maximum absolute atomic E-state index is 12.7. The van der Waals surface area contributed by atoms with Crippen LogP contribution in [0.2, 0.25) is 10.0 Å². The number of amides is 2. The number of benzene rings is 1. The summed E-state index contributed by atoms with van der Waals surface area (Å²) in [6.45, 7) is 2.25. The molecule has 3 heterocycles. The Balaban J connectivity index is 1.57. The molecule has 1 saturated heterocycles. The van der Waals surface area contributed by atoms with Crippen LogP contribution in [0, 0.1) is 5.92 Å². The monoisotopic (exact) mass is 461 g/mol. The van der Waals surface area contributed by atoms with Crippen LogP contribution in [-0.2, 0) is 9.53 Å². The van der Waals surface area contributed by atoms with Gasteiger partial charge in [0.05, 0.1) is 47.1 Å². The van der Waals surface area contributed by atoms with E-state index in [0.29, 0.717) is 47.7 Å². The largest absolute Gasteiger partial charge is 0.372 e. The van der Waals surface area contributed by atoms with Crippen molar-refractivity contribution in [1.82, 2.24) is 15.3 Å². The second-order valence-corrected chi connectivity index (χ2v) is 8.22. The molecule has 2 amide bonds. The lowest BCUT2D eigenvalue weighted by Gasteiger charge is -2.27. The van der Waals surface area contributed by atoms with Crippen molar-refractivity contribution in [1.29, 1.82) is 0 Å². The highest BCUT2D eigenvalue weighted by molar-refractivity contribution is 6.42. The van der Waals surface area contributed by atoms with Crippen molar-refractivity contribution in [3.8, 4) is 0 Å². The Morgan fingerprint density at radius 1 is 1.26 bits per heavy atom. The van der Waals surface area contributed by atoms with E-state index in [4.69, 9.17) is 33.7 Å². The topological polar surface area (TPSA) is 110 Å². The number of aromatic nitrogens is 1. The second-order valence-electron chi connectivity index (χ2n) is 7.40. The fourth-order valence-corrected chi connectivity index (χ4v) is 4.02. The predicted molar refractivity (Wildman–Crippen MR) is 117 cm³/mol. The quantitative estimate of drug-likeness (QED) is 0.709. The molecule has 0 saturated carbocycles. The molecule has 1 aromatic carbocycles. The number of pyridine rings is 1. The molecular formula is C21H21Cl2N5O3. The van der Waals surface area contributed by atoms with Crippen molar-refractivity contribution >= 4 is 40.7 Å². The molecule has 162 valence electrons. The third-order valence-corrected chi connectivity index (χ3v) is 5.97. The minimum Gasteiger partial charge on any atom is -0.372 e. The van der Waals surface area contributed by atoms with E-state index in [-0.39, 0.29) is 30.0 Å². The number of primary amides is 1. The van der Waals surface area contributed by atoms with E-state index in [2.05, 4.69) is 15.4 Å². The van der Waals surface area contributed by atoms with Crippen LogP contribution < -0.4 is 11.1 Å². The summed E-state index contributed by atoms with van der Waals surface area (Å²) in [5, 5.41) is 10.2. The smallest absolute Gasteiger partial charge is 0.267 e. The summed E-state index contributed by atoms with van der Waals surface area (Å²) >= 11 is 12.3. The number of nitrogens with two attached hydrogens (primary N) is 1. The van der Waals surface area contributed by atoms with Crippen LogP contribution in [0.4, 0.5) is 0 Å². The van der Waals surface area contributed by atoms with Gasteiger partial charge in [-0.1, -0.05) is 35.3 Å². The number of rotatable bonds is 5. The normalized spacial score (nSPS) is 21.7. The highest BCUT2D eigenvalue weighted by Crippen LogP contribution is 2.33. The third-order valence-electron chi connectivity index (χ3n) is 5.24. The molecule has 0 unspecified atom stereocenters. The molecule has 0 radical (unpaired) electrons. The Kier molecular flexibility index (Phi) is 6.52. The van der Waals surface area contributed by atoms with Crippen molar-refractivity contribution < 1.29 is 14.3 Å². The summed E-state index contributed by atoms with van der Waals surface area (Å²) in [5.74, 6) is -0.829. The Bertz CT molecular complexity index is 1050. The average Bonchev–Trinajstić information content (AvgIpc) is 2.96. The highest BCUT2D eigenvalue weighted by atomic mass is 35.5. The summed E-state index contributed by atoms with van der Waals surface area (Å²) in [5.41, 5.74) is 7.30. The molecule has 0 spiro atoms. The van der Waals surface area contributed by atoms with Crippen molar-refractivity contribution in [3.05, 3.63) is 63.4 Å². The molecule has 10 heteroatoms. The number of carbonyl (C=O) groups is 2. The zero-order chi connectivity index (χ0) is 22.0. The molecule has 2 aromatic rings. The first-order valence-electron chi connectivity index (χ1n) is 9.84. The van der Waals surface area contributed by atoms with E-state index in [0.717, 1.165) is 5.56 Å². The molecule has 8 nitrogen and oxygen atoms in total. The highest BCUT2D eigenvalue weighted by Gasteiger charge is 2.33. The van der Waals surface area contributed by atoms with Crippen molar-refractivity contribution in [2.75, 3.05) is 26.2 Å².